The molecule has 0 saturated heterocycles. The van der Waals surface area contributed by atoms with Gasteiger partial charge in [0.25, 0.3) is 11.8 Å². The molecule has 0 fully saturated rings. The van der Waals surface area contributed by atoms with E-state index in [0.29, 0.717) is 35.7 Å². The van der Waals surface area contributed by atoms with Gasteiger partial charge in [0, 0.05) is 18.7 Å². The summed E-state index contributed by atoms with van der Waals surface area (Å²) in [5, 5.41) is 5.41. The monoisotopic (exact) mass is 353 g/mol. The van der Waals surface area contributed by atoms with Crippen LogP contribution in [0, 0.1) is 0 Å². The van der Waals surface area contributed by atoms with Crippen molar-refractivity contribution in [2.24, 2.45) is 5.73 Å². The fraction of sp³-hybridized carbons (Fsp3) is 0.250. The molecule has 2 rings (SSSR count). The summed E-state index contributed by atoms with van der Waals surface area (Å²) in [5.74, 6) is 0.652. The maximum atomic E-state index is 12.0. The van der Waals surface area contributed by atoms with Gasteiger partial charge in [0.2, 0.25) is 0 Å². The number of hydrogen-bond acceptors (Lipinski definition) is 5. The number of rotatable bonds is 7. The van der Waals surface area contributed by atoms with E-state index < -0.39 is 0 Å². The molecule has 0 aliphatic rings. The molecule has 1 aromatic carbocycles. The third-order valence-corrected chi connectivity index (χ3v) is 3.15. The molecule has 0 aliphatic carbocycles. The highest BCUT2D eigenvalue weighted by Gasteiger charge is 2.10. The van der Waals surface area contributed by atoms with Crippen LogP contribution < -0.4 is 21.1 Å². The van der Waals surface area contributed by atoms with Gasteiger partial charge in [-0.2, -0.15) is 0 Å². The third-order valence-electron chi connectivity index (χ3n) is 3.15. The lowest BCUT2D eigenvalue weighted by Gasteiger charge is -2.07. The molecular weight excluding hydrogens is 334 g/mol. The molecule has 0 atom stereocenters. The lowest BCUT2D eigenvalue weighted by Crippen LogP contribution is -2.34. The van der Waals surface area contributed by atoms with Crippen molar-refractivity contribution in [3.63, 3.8) is 0 Å². The van der Waals surface area contributed by atoms with Crippen LogP contribution in [0.25, 0.3) is 0 Å². The van der Waals surface area contributed by atoms with Gasteiger partial charge in [-0.1, -0.05) is 6.07 Å². The molecule has 0 unspecified atom stereocenters. The van der Waals surface area contributed by atoms with Crippen molar-refractivity contribution in [3.8, 4) is 5.75 Å². The van der Waals surface area contributed by atoms with E-state index in [1.165, 1.54) is 6.26 Å². The van der Waals surface area contributed by atoms with Crippen molar-refractivity contribution in [2.45, 2.75) is 6.54 Å². The quantitative estimate of drug-likeness (QED) is 0.651. The Bertz CT molecular complexity index is 687. The van der Waals surface area contributed by atoms with Crippen molar-refractivity contribution < 1.29 is 18.7 Å². The average molecular weight is 354 g/mol. The summed E-state index contributed by atoms with van der Waals surface area (Å²) in [7, 11) is 1.54. The SMILES string of the molecule is COc1cccc(C(=O)NCCNC(=O)c2coc(CN)c2)c1.Cl. The van der Waals surface area contributed by atoms with Gasteiger partial charge in [0.1, 0.15) is 17.8 Å². The summed E-state index contributed by atoms with van der Waals surface area (Å²) in [5.41, 5.74) is 6.32. The summed E-state index contributed by atoms with van der Waals surface area (Å²) in [6.07, 6.45) is 1.35. The molecule has 24 heavy (non-hydrogen) atoms. The lowest BCUT2D eigenvalue weighted by atomic mass is 10.2. The minimum atomic E-state index is -0.274. The molecule has 8 heteroatoms. The Morgan fingerprint density at radius 3 is 2.38 bits per heavy atom. The smallest absolute Gasteiger partial charge is 0.254 e. The first-order valence-electron chi connectivity index (χ1n) is 7.12. The number of ether oxygens (including phenoxy) is 1. The number of carbonyl (C=O) groups is 2. The Labute approximate surface area is 146 Å². The highest BCUT2D eigenvalue weighted by molar-refractivity contribution is 5.95. The summed E-state index contributed by atoms with van der Waals surface area (Å²) in [6, 6.07) is 8.43. The first-order valence-corrected chi connectivity index (χ1v) is 7.12. The Morgan fingerprint density at radius 2 is 1.79 bits per heavy atom. The predicted octanol–water partition coefficient (Wildman–Crippen LogP) is 1.33. The van der Waals surface area contributed by atoms with Crippen molar-refractivity contribution in [3.05, 3.63) is 53.5 Å². The zero-order chi connectivity index (χ0) is 16.7. The molecule has 0 spiro atoms. The Balaban J connectivity index is 0.00000288. The van der Waals surface area contributed by atoms with Crippen LogP contribution in [0.5, 0.6) is 5.75 Å². The van der Waals surface area contributed by atoms with Gasteiger partial charge in [-0.05, 0) is 24.3 Å². The summed E-state index contributed by atoms with van der Waals surface area (Å²) in [6.45, 7) is 0.852. The Hall–Kier alpha value is -2.51. The molecule has 1 aromatic heterocycles. The van der Waals surface area contributed by atoms with Gasteiger partial charge >= 0.3 is 0 Å². The summed E-state index contributed by atoms with van der Waals surface area (Å²) >= 11 is 0. The molecule has 1 heterocycles. The number of benzene rings is 1. The fourth-order valence-corrected chi connectivity index (χ4v) is 1.93. The van der Waals surface area contributed by atoms with Crippen LogP contribution in [-0.4, -0.2) is 32.0 Å². The molecule has 7 nitrogen and oxygen atoms in total. The number of nitrogens with two attached hydrogens (primary N) is 1. The van der Waals surface area contributed by atoms with Crippen LogP contribution in [0.2, 0.25) is 0 Å². The zero-order valence-corrected chi connectivity index (χ0v) is 14.0. The number of amides is 2. The number of furan rings is 1. The highest BCUT2D eigenvalue weighted by atomic mass is 35.5. The van der Waals surface area contributed by atoms with Crippen LogP contribution in [0.3, 0.4) is 0 Å². The molecule has 0 saturated carbocycles. The van der Waals surface area contributed by atoms with Crippen molar-refractivity contribution in [1.29, 1.82) is 0 Å². The fourth-order valence-electron chi connectivity index (χ4n) is 1.93. The zero-order valence-electron chi connectivity index (χ0n) is 13.2. The van der Waals surface area contributed by atoms with E-state index >= 15 is 0 Å². The Kier molecular flexibility index (Phi) is 7.81. The minimum absolute atomic E-state index is 0. The van der Waals surface area contributed by atoms with Crippen molar-refractivity contribution >= 4 is 24.2 Å². The first kappa shape index (κ1) is 19.5. The van der Waals surface area contributed by atoms with E-state index in [0.717, 1.165) is 0 Å². The molecule has 4 N–H and O–H groups in total. The predicted molar refractivity (Wildman–Crippen MR) is 91.5 cm³/mol. The molecule has 130 valence electrons. The first-order chi connectivity index (χ1) is 11.1. The van der Waals surface area contributed by atoms with Crippen LogP contribution in [-0.2, 0) is 6.54 Å². The van der Waals surface area contributed by atoms with E-state index in [4.69, 9.17) is 14.9 Å². The molecule has 0 aliphatic heterocycles. The number of halogens is 1. The minimum Gasteiger partial charge on any atom is -0.497 e. The summed E-state index contributed by atoms with van der Waals surface area (Å²) < 4.78 is 10.2. The third kappa shape index (κ3) is 5.29. The van der Waals surface area contributed by atoms with Gasteiger partial charge in [0.05, 0.1) is 19.2 Å². The van der Waals surface area contributed by atoms with Gasteiger partial charge in [-0.25, -0.2) is 0 Å². The average Bonchev–Trinajstić information content (AvgIpc) is 3.07. The standard InChI is InChI=1S/C16H19N3O4.ClH/c1-22-13-4-2-3-11(7-13)15(20)18-5-6-19-16(21)12-8-14(9-17)23-10-12;/h2-4,7-8,10H,5-6,9,17H2,1H3,(H,18,20)(H,19,21);1H. The molecule has 2 amide bonds. The number of carbonyl (C=O) groups excluding carboxylic acids is 2. The van der Waals surface area contributed by atoms with E-state index in [-0.39, 0.29) is 30.8 Å². The largest absolute Gasteiger partial charge is 0.497 e. The van der Waals surface area contributed by atoms with Crippen molar-refractivity contribution in [2.75, 3.05) is 20.2 Å². The van der Waals surface area contributed by atoms with Crippen LogP contribution in [0.15, 0.2) is 41.0 Å². The van der Waals surface area contributed by atoms with E-state index in [1.807, 2.05) is 0 Å². The van der Waals surface area contributed by atoms with Crippen LogP contribution in [0.1, 0.15) is 26.5 Å². The molecule has 0 radical (unpaired) electrons. The van der Waals surface area contributed by atoms with Crippen LogP contribution >= 0.6 is 12.4 Å². The Morgan fingerprint density at radius 1 is 1.12 bits per heavy atom. The molecule has 0 bridgehead atoms. The number of hydrogen-bond donors (Lipinski definition) is 3. The van der Waals surface area contributed by atoms with E-state index in [1.54, 1.807) is 37.4 Å². The lowest BCUT2D eigenvalue weighted by molar-refractivity contribution is 0.0927. The van der Waals surface area contributed by atoms with E-state index in [2.05, 4.69) is 10.6 Å². The van der Waals surface area contributed by atoms with E-state index in [9.17, 15) is 9.59 Å². The van der Waals surface area contributed by atoms with Gasteiger partial charge in [0.15, 0.2) is 0 Å². The number of nitrogens with one attached hydrogen (secondary N) is 2. The second-order valence-electron chi connectivity index (χ2n) is 4.75. The molecule has 2 aromatic rings. The second-order valence-corrected chi connectivity index (χ2v) is 4.75. The van der Waals surface area contributed by atoms with Gasteiger partial charge in [-0.15, -0.1) is 12.4 Å². The second kappa shape index (κ2) is 9.59. The van der Waals surface area contributed by atoms with Crippen LogP contribution in [0.4, 0.5) is 0 Å². The van der Waals surface area contributed by atoms with Gasteiger partial charge < -0.3 is 25.5 Å². The maximum absolute atomic E-state index is 12.0. The maximum Gasteiger partial charge on any atom is 0.254 e. The number of methoxy groups -OCH3 is 1. The highest BCUT2D eigenvalue weighted by Crippen LogP contribution is 2.12. The normalized spacial score (nSPS) is 9.75. The summed E-state index contributed by atoms with van der Waals surface area (Å²) in [4.78, 5) is 23.8. The molecular formula is C16H20ClN3O4. The topological polar surface area (TPSA) is 107 Å². The van der Waals surface area contributed by atoms with Crippen molar-refractivity contribution in [1.82, 2.24) is 10.6 Å². The van der Waals surface area contributed by atoms with Gasteiger partial charge in [-0.3, -0.25) is 9.59 Å².